The van der Waals surface area contributed by atoms with Gasteiger partial charge in [-0.25, -0.2) is 0 Å². The third-order valence-corrected chi connectivity index (χ3v) is 3.25. The minimum absolute atomic E-state index is 0.0509. The number of hydrogen-bond donors (Lipinski definition) is 0. The van der Waals surface area contributed by atoms with E-state index < -0.39 is 0 Å². The average Bonchev–Trinajstić information content (AvgIpc) is 2.37. The fraction of sp³-hybridized carbons (Fsp3) is 0.556. The van der Waals surface area contributed by atoms with Crippen LogP contribution in [-0.4, -0.2) is 10.0 Å². The van der Waals surface area contributed by atoms with Gasteiger partial charge in [0.05, 0.1) is 10.0 Å². The van der Waals surface area contributed by atoms with Crippen molar-refractivity contribution in [3.05, 3.63) is 35.6 Å². The zero-order chi connectivity index (χ0) is 15.0. The Hall–Kier alpha value is -0.690. The molecular formula is C18H25IO. The van der Waals surface area contributed by atoms with Gasteiger partial charge >= 0.3 is 0 Å². The van der Waals surface area contributed by atoms with E-state index in [0.29, 0.717) is 12.5 Å². The maximum atomic E-state index is 5.80. The number of alkyl halides is 1. The number of allylic oxidation sites excluding steroid dienone is 5. The van der Waals surface area contributed by atoms with Crippen molar-refractivity contribution in [3.8, 4) is 11.8 Å². The second-order valence-corrected chi connectivity index (χ2v) is 8.27. The van der Waals surface area contributed by atoms with E-state index in [4.69, 9.17) is 4.74 Å². The van der Waals surface area contributed by atoms with E-state index in [9.17, 15) is 0 Å². The molecule has 1 aliphatic rings. The normalized spacial score (nSPS) is 19.1. The highest BCUT2D eigenvalue weighted by molar-refractivity contribution is 14.1. The van der Waals surface area contributed by atoms with Crippen LogP contribution in [-0.2, 0) is 4.74 Å². The summed E-state index contributed by atoms with van der Waals surface area (Å²) < 4.78 is 5.85. The summed E-state index contributed by atoms with van der Waals surface area (Å²) in [5, 5.41) is 0. The second kappa shape index (κ2) is 8.56. The molecule has 1 aliphatic carbocycles. The molecule has 0 saturated heterocycles. The lowest BCUT2D eigenvalue weighted by Crippen LogP contribution is -2.05. The zero-order valence-corrected chi connectivity index (χ0v) is 15.2. The van der Waals surface area contributed by atoms with Crippen LogP contribution in [0, 0.1) is 17.8 Å². The molecule has 0 aromatic heterocycles. The first-order chi connectivity index (χ1) is 9.42. The van der Waals surface area contributed by atoms with Crippen molar-refractivity contribution in [1.82, 2.24) is 0 Å². The molecule has 0 amide bonds. The van der Waals surface area contributed by atoms with Gasteiger partial charge < -0.3 is 4.74 Å². The molecule has 2 heteroatoms. The van der Waals surface area contributed by atoms with Gasteiger partial charge in [0, 0.05) is 6.42 Å². The SMILES string of the molecule is CC/C=C\C1=CC(OCCC#CC(C)(C)I)=CCC1C. The summed E-state index contributed by atoms with van der Waals surface area (Å²) in [7, 11) is 0. The number of ether oxygens (including phenoxy) is 1. The lowest BCUT2D eigenvalue weighted by molar-refractivity contribution is 0.228. The van der Waals surface area contributed by atoms with Gasteiger partial charge in [0.25, 0.3) is 0 Å². The quantitative estimate of drug-likeness (QED) is 0.266. The highest BCUT2D eigenvalue weighted by Gasteiger charge is 2.11. The van der Waals surface area contributed by atoms with E-state index in [1.54, 1.807) is 0 Å². The average molecular weight is 384 g/mol. The highest BCUT2D eigenvalue weighted by atomic mass is 127. The number of halogens is 1. The van der Waals surface area contributed by atoms with Crippen molar-refractivity contribution < 1.29 is 4.74 Å². The molecule has 0 bridgehead atoms. The molecule has 0 aliphatic heterocycles. The van der Waals surface area contributed by atoms with Gasteiger partial charge in [0.15, 0.2) is 0 Å². The fourth-order valence-corrected chi connectivity index (χ4v) is 2.04. The molecule has 0 saturated carbocycles. The van der Waals surface area contributed by atoms with Crippen LogP contribution in [0.1, 0.15) is 47.0 Å². The van der Waals surface area contributed by atoms with Gasteiger partial charge in [-0.2, -0.15) is 0 Å². The molecule has 0 aromatic rings. The van der Waals surface area contributed by atoms with Crippen LogP contribution >= 0.6 is 22.6 Å². The molecule has 1 atom stereocenters. The molecule has 0 fully saturated rings. The van der Waals surface area contributed by atoms with Crippen LogP contribution in [0.4, 0.5) is 0 Å². The van der Waals surface area contributed by atoms with E-state index >= 15 is 0 Å². The summed E-state index contributed by atoms with van der Waals surface area (Å²) in [5.74, 6) is 7.97. The van der Waals surface area contributed by atoms with Crippen molar-refractivity contribution >= 4 is 22.6 Å². The maximum absolute atomic E-state index is 5.80. The summed E-state index contributed by atoms with van der Waals surface area (Å²) in [4.78, 5) is 0. The standard InChI is InChI=1S/C18H25IO/c1-5-6-9-16-14-17(11-10-15(16)2)20-13-8-7-12-18(3,4)19/h6,9,11,14-15H,5,8,10,13H2,1-4H3/b9-6-. The minimum atomic E-state index is 0.0509. The van der Waals surface area contributed by atoms with E-state index in [0.717, 1.165) is 25.0 Å². The van der Waals surface area contributed by atoms with Crippen LogP contribution in [0.15, 0.2) is 35.6 Å². The molecule has 20 heavy (non-hydrogen) atoms. The number of hydrogen-bond acceptors (Lipinski definition) is 1. The molecule has 0 N–H and O–H groups in total. The van der Waals surface area contributed by atoms with Crippen molar-refractivity contribution in [2.75, 3.05) is 6.61 Å². The molecule has 1 rings (SSSR count). The Kier molecular flexibility index (Phi) is 7.43. The molecular weight excluding hydrogens is 359 g/mol. The van der Waals surface area contributed by atoms with Crippen LogP contribution in [0.5, 0.6) is 0 Å². The van der Waals surface area contributed by atoms with Gasteiger partial charge in [-0.3, -0.25) is 0 Å². The Balaban J connectivity index is 2.46. The van der Waals surface area contributed by atoms with E-state index in [1.807, 2.05) is 0 Å². The predicted octanol–water partition coefficient (Wildman–Crippen LogP) is 5.43. The van der Waals surface area contributed by atoms with Crippen LogP contribution in [0.25, 0.3) is 0 Å². The summed E-state index contributed by atoms with van der Waals surface area (Å²) >= 11 is 2.35. The highest BCUT2D eigenvalue weighted by Crippen LogP contribution is 2.25. The van der Waals surface area contributed by atoms with Crippen LogP contribution in [0.2, 0.25) is 0 Å². The first-order valence-corrected chi connectivity index (χ1v) is 8.40. The van der Waals surface area contributed by atoms with Crippen LogP contribution < -0.4 is 0 Å². The third-order valence-electron chi connectivity index (χ3n) is 2.98. The number of rotatable bonds is 5. The molecule has 0 radical (unpaired) electrons. The van der Waals surface area contributed by atoms with Gasteiger partial charge in [0.1, 0.15) is 5.76 Å². The van der Waals surface area contributed by atoms with E-state index in [2.05, 4.69) is 86.4 Å². The Morgan fingerprint density at radius 3 is 2.90 bits per heavy atom. The minimum Gasteiger partial charge on any atom is -0.493 e. The van der Waals surface area contributed by atoms with Gasteiger partial charge in [0.2, 0.25) is 0 Å². The fourth-order valence-electron chi connectivity index (χ4n) is 1.85. The lowest BCUT2D eigenvalue weighted by atomic mass is 9.92. The van der Waals surface area contributed by atoms with Gasteiger partial charge in [-0.1, -0.05) is 60.4 Å². The first-order valence-electron chi connectivity index (χ1n) is 7.32. The second-order valence-electron chi connectivity index (χ2n) is 5.57. The topological polar surface area (TPSA) is 9.23 Å². The Morgan fingerprint density at radius 2 is 2.25 bits per heavy atom. The Bertz CT molecular complexity index is 452. The smallest absolute Gasteiger partial charge is 0.115 e. The van der Waals surface area contributed by atoms with Crippen molar-refractivity contribution in [3.63, 3.8) is 0 Å². The molecule has 0 spiro atoms. The molecule has 110 valence electrons. The van der Waals surface area contributed by atoms with Crippen molar-refractivity contribution in [1.29, 1.82) is 0 Å². The van der Waals surface area contributed by atoms with Crippen molar-refractivity contribution in [2.24, 2.45) is 5.92 Å². The lowest BCUT2D eigenvalue weighted by Gasteiger charge is -2.18. The van der Waals surface area contributed by atoms with Gasteiger partial charge in [-0.15, -0.1) is 0 Å². The summed E-state index contributed by atoms with van der Waals surface area (Å²) in [6, 6.07) is 0. The summed E-state index contributed by atoms with van der Waals surface area (Å²) in [5.41, 5.74) is 1.36. The summed E-state index contributed by atoms with van der Waals surface area (Å²) in [6.45, 7) is 9.31. The molecule has 1 unspecified atom stereocenters. The monoisotopic (exact) mass is 384 g/mol. The van der Waals surface area contributed by atoms with Crippen LogP contribution in [0.3, 0.4) is 0 Å². The Labute approximate surface area is 137 Å². The van der Waals surface area contributed by atoms with E-state index in [-0.39, 0.29) is 3.42 Å². The van der Waals surface area contributed by atoms with E-state index in [1.165, 1.54) is 5.57 Å². The third kappa shape index (κ3) is 7.19. The zero-order valence-electron chi connectivity index (χ0n) is 13.0. The maximum Gasteiger partial charge on any atom is 0.115 e. The predicted molar refractivity (Wildman–Crippen MR) is 95.8 cm³/mol. The largest absolute Gasteiger partial charge is 0.493 e. The molecule has 1 nitrogen and oxygen atoms in total. The summed E-state index contributed by atoms with van der Waals surface area (Å²) in [6.07, 6.45) is 11.7. The molecule has 0 heterocycles. The van der Waals surface area contributed by atoms with Crippen molar-refractivity contribution in [2.45, 2.75) is 50.4 Å². The Morgan fingerprint density at radius 1 is 1.50 bits per heavy atom. The molecule has 0 aromatic carbocycles. The first kappa shape index (κ1) is 17.4. The van der Waals surface area contributed by atoms with Gasteiger partial charge in [-0.05, 0) is 50.3 Å².